The molecule has 1 fully saturated rings. The van der Waals surface area contributed by atoms with E-state index in [1.165, 1.54) is 0 Å². The van der Waals surface area contributed by atoms with Gasteiger partial charge < -0.3 is 18.8 Å². The number of ether oxygens (including phenoxy) is 3. The number of hydrogen-bond acceptors (Lipinski definition) is 5. The van der Waals surface area contributed by atoms with E-state index in [-0.39, 0.29) is 5.56 Å². The topological polar surface area (TPSA) is 67.0 Å². The zero-order valence-electron chi connectivity index (χ0n) is 19.0. The third-order valence-corrected chi connectivity index (χ3v) is 5.72. The van der Waals surface area contributed by atoms with Crippen molar-refractivity contribution in [1.29, 1.82) is 0 Å². The van der Waals surface area contributed by atoms with E-state index in [0.29, 0.717) is 30.2 Å². The molecule has 5 radical (unpaired) electrons. The monoisotopic (exact) mass is 454 g/mol. The summed E-state index contributed by atoms with van der Waals surface area (Å²) in [5.74, 6) is 3.00. The lowest BCUT2D eigenvalue weighted by Gasteiger charge is -2.15. The molecule has 5 rings (SSSR count). The van der Waals surface area contributed by atoms with Gasteiger partial charge in [0.25, 0.3) is 5.56 Å². The molecule has 2 heterocycles. The first-order chi connectivity index (χ1) is 16.7. The molecule has 4 aromatic rings. The van der Waals surface area contributed by atoms with Crippen LogP contribution in [-0.2, 0) is 6.54 Å². The third-order valence-electron chi connectivity index (χ3n) is 5.72. The zero-order valence-corrected chi connectivity index (χ0v) is 19.0. The van der Waals surface area contributed by atoms with Crippen LogP contribution in [-0.4, -0.2) is 35.0 Å². The van der Waals surface area contributed by atoms with Crippen LogP contribution in [0.25, 0.3) is 16.8 Å². The van der Waals surface area contributed by atoms with Crippen LogP contribution in [0, 0.1) is 31.6 Å². The molecule has 0 amide bonds. The number of aromatic nitrogens is 3. The molecule has 0 bridgehead atoms. The highest BCUT2D eigenvalue weighted by Crippen LogP contribution is 2.30. The van der Waals surface area contributed by atoms with Gasteiger partial charge in [-0.25, -0.2) is 4.52 Å². The van der Waals surface area contributed by atoms with Crippen molar-refractivity contribution in [2.75, 3.05) is 20.8 Å². The van der Waals surface area contributed by atoms with E-state index in [1.54, 1.807) is 23.3 Å². The maximum absolute atomic E-state index is 13.6. The summed E-state index contributed by atoms with van der Waals surface area (Å²) < 4.78 is 20.0. The second-order valence-electron chi connectivity index (χ2n) is 7.73. The quantitative estimate of drug-likeness (QED) is 0.402. The van der Waals surface area contributed by atoms with Gasteiger partial charge in [-0.05, 0) is 68.1 Å². The Bertz CT molecular complexity index is 1330. The maximum Gasteiger partial charge on any atom is 0.277 e. The maximum atomic E-state index is 13.6. The molecule has 0 unspecified atom stereocenters. The second-order valence-corrected chi connectivity index (χ2v) is 7.73. The molecule has 2 aromatic heterocycles. The summed E-state index contributed by atoms with van der Waals surface area (Å²) in [4.78, 5) is 13.6. The van der Waals surface area contributed by atoms with Crippen LogP contribution in [0.15, 0.2) is 65.6 Å². The van der Waals surface area contributed by atoms with E-state index < -0.39 is 0 Å². The van der Waals surface area contributed by atoms with Gasteiger partial charge in [0.15, 0.2) is 11.5 Å². The minimum absolute atomic E-state index is 0.137. The average molecular weight is 455 g/mol. The summed E-state index contributed by atoms with van der Waals surface area (Å²) in [5.41, 5.74) is 2.74. The van der Waals surface area contributed by atoms with Gasteiger partial charge >= 0.3 is 0 Å². The first-order valence-corrected chi connectivity index (χ1v) is 10.9. The SMILES string of the molecule is COc1ccc(-c2cn3nc([C]4[CH][CH][CH][CH]4)cc3c(=O)n2CCOc2ccccc2OC)cc1. The first kappa shape index (κ1) is 22.1. The van der Waals surface area contributed by atoms with E-state index in [2.05, 4.69) is 5.10 Å². The van der Waals surface area contributed by atoms with Crippen LogP contribution >= 0.6 is 0 Å². The summed E-state index contributed by atoms with van der Waals surface area (Å²) in [7, 11) is 3.23. The number of benzene rings is 2. The minimum atomic E-state index is -0.137. The molecule has 0 N–H and O–H groups in total. The molecule has 0 saturated heterocycles. The molecule has 1 saturated carbocycles. The average Bonchev–Trinajstić information content (AvgIpc) is 3.56. The molecule has 171 valence electrons. The lowest BCUT2D eigenvalue weighted by Crippen LogP contribution is -2.26. The number of para-hydroxylation sites is 2. The van der Waals surface area contributed by atoms with Gasteiger partial charge in [0.1, 0.15) is 17.9 Å². The Balaban J connectivity index is 1.52. The third kappa shape index (κ3) is 4.25. The number of rotatable bonds is 8. The van der Waals surface area contributed by atoms with Gasteiger partial charge in [0, 0.05) is 11.5 Å². The van der Waals surface area contributed by atoms with Crippen molar-refractivity contribution in [3.05, 3.63) is 108 Å². The van der Waals surface area contributed by atoms with Gasteiger partial charge in [-0.15, -0.1) is 0 Å². The summed E-state index contributed by atoms with van der Waals surface area (Å²) in [6.45, 7) is 0.648. The number of fused-ring (bicyclic) bond motifs is 1. The summed E-state index contributed by atoms with van der Waals surface area (Å²) >= 11 is 0. The molecular formula is C27H24N3O4. The minimum Gasteiger partial charge on any atom is -0.497 e. The normalized spacial score (nSPS) is 13.9. The van der Waals surface area contributed by atoms with Crippen LogP contribution in [0.4, 0.5) is 0 Å². The number of nitrogens with zero attached hydrogens (tertiary/aromatic N) is 3. The highest BCUT2D eigenvalue weighted by molar-refractivity contribution is 5.63. The highest BCUT2D eigenvalue weighted by atomic mass is 16.5. The van der Waals surface area contributed by atoms with Crippen LogP contribution in [0.5, 0.6) is 17.2 Å². The molecule has 0 atom stereocenters. The molecule has 0 aliphatic heterocycles. The molecule has 0 spiro atoms. The molecule has 1 aliphatic carbocycles. The predicted molar refractivity (Wildman–Crippen MR) is 129 cm³/mol. The summed E-state index contributed by atoms with van der Waals surface area (Å²) in [5, 5.41) is 4.66. The largest absolute Gasteiger partial charge is 0.497 e. The van der Waals surface area contributed by atoms with Gasteiger partial charge in [0.2, 0.25) is 0 Å². The molecule has 2 aromatic carbocycles. The Hall–Kier alpha value is -3.74. The van der Waals surface area contributed by atoms with Crippen molar-refractivity contribution in [2.24, 2.45) is 0 Å². The van der Waals surface area contributed by atoms with Crippen molar-refractivity contribution in [3.63, 3.8) is 0 Å². The molecule has 7 heteroatoms. The van der Waals surface area contributed by atoms with E-state index >= 15 is 0 Å². The van der Waals surface area contributed by atoms with Crippen molar-refractivity contribution >= 4 is 5.52 Å². The fourth-order valence-electron chi connectivity index (χ4n) is 3.97. The Morgan fingerprint density at radius 3 is 2.35 bits per heavy atom. The smallest absolute Gasteiger partial charge is 0.277 e. The summed E-state index contributed by atoms with van der Waals surface area (Å²) in [6, 6.07) is 16.9. The van der Waals surface area contributed by atoms with E-state index in [4.69, 9.17) is 14.2 Å². The molecule has 34 heavy (non-hydrogen) atoms. The van der Waals surface area contributed by atoms with E-state index in [1.807, 2.05) is 86.5 Å². The van der Waals surface area contributed by atoms with Crippen molar-refractivity contribution in [3.8, 4) is 28.5 Å². The van der Waals surface area contributed by atoms with Gasteiger partial charge in [-0.1, -0.05) is 12.1 Å². The second kappa shape index (κ2) is 9.63. The van der Waals surface area contributed by atoms with Crippen LogP contribution in [0.3, 0.4) is 0 Å². The predicted octanol–water partition coefficient (Wildman–Crippen LogP) is 4.01. The van der Waals surface area contributed by atoms with E-state index in [9.17, 15) is 4.79 Å². The van der Waals surface area contributed by atoms with Crippen LogP contribution in [0.2, 0.25) is 0 Å². The summed E-state index contributed by atoms with van der Waals surface area (Å²) in [6.07, 6.45) is 9.75. The Kier molecular flexibility index (Phi) is 6.25. The fourth-order valence-corrected chi connectivity index (χ4v) is 3.97. The van der Waals surface area contributed by atoms with E-state index in [0.717, 1.165) is 28.6 Å². The molecular weight excluding hydrogens is 430 g/mol. The van der Waals surface area contributed by atoms with Gasteiger partial charge in [0.05, 0.1) is 38.3 Å². The molecule has 1 aliphatic rings. The number of hydrogen-bond donors (Lipinski definition) is 0. The number of methoxy groups -OCH3 is 2. The van der Waals surface area contributed by atoms with Crippen LogP contribution < -0.4 is 19.8 Å². The van der Waals surface area contributed by atoms with Crippen LogP contribution in [0.1, 0.15) is 5.69 Å². The Morgan fingerprint density at radius 2 is 1.65 bits per heavy atom. The van der Waals surface area contributed by atoms with Gasteiger partial charge in [-0.3, -0.25) is 4.79 Å². The fraction of sp³-hybridized carbons (Fsp3) is 0.148. The Morgan fingerprint density at radius 1 is 0.912 bits per heavy atom. The highest BCUT2D eigenvalue weighted by Gasteiger charge is 2.23. The zero-order chi connectivity index (χ0) is 23.5. The van der Waals surface area contributed by atoms with Crippen molar-refractivity contribution in [1.82, 2.24) is 14.2 Å². The Labute approximate surface area is 198 Å². The van der Waals surface area contributed by atoms with Gasteiger partial charge in [-0.2, -0.15) is 5.10 Å². The lowest BCUT2D eigenvalue weighted by molar-refractivity contribution is 0.279. The molecule has 7 nitrogen and oxygen atoms in total. The standard InChI is InChI=1S/C27H24N3O4/c1-32-21-13-11-20(12-14-21)24-18-30-23(17-22(28-30)19-7-3-4-8-19)27(31)29(24)15-16-34-26-10-6-5-9-25(26)33-2/h3-14,17-18H,15-16H2,1-2H3. The lowest BCUT2D eigenvalue weighted by atomic mass is 10.0. The first-order valence-electron chi connectivity index (χ1n) is 10.9. The van der Waals surface area contributed by atoms with Crippen molar-refractivity contribution in [2.45, 2.75) is 6.54 Å². The van der Waals surface area contributed by atoms with Crippen molar-refractivity contribution < 1.29 is 14.2 Å².